The van der Waals surface area contributed by atoms with Crippen LogP contribution >= 0.6 is 0 Å². The van der Waals surface area contributed by atoms with Crippen LogP contribution in [0.15, 0.2) is 30.3 Å². The summed E-state index contributed by atoms with van der Waals surface area (Å²) in [6, 6.07) is 10.2. The lowest BCUT2D eigenvalue weighted by atomic mass is 9.91. The van der Waals surface area contributed by atoms with Crippen LogP contribution in [0.1, 0.15) is 51.6 Å². The number of morpholine rings is 1. The Kier molecular flexibility index (Phi) is 7.81. The van der Waals surface area contributed by atoms with E-state index in [1.807, 2.05) is 39.0 Å². The standard InChI is InChI=1S/C25H35N3O4/c1-5-12-25(13-9-14-28(25)23(30)32-24(2,3)4)22(29)26-19-21(20-10-7-6-8-11-20)27-15-17-31-18-16-27/h1,6-8,10-11,21H,9,12-19H2,2-4H3,(H,26,29)/t21-,25+/m1/s1. The number of nitrogens with one attached hydrogen (secondary N) is 1. The van der Waals surface area contributed by atoms with E-state index >= 15 is 0 Å². The molecule has 2 amide bonds. The smallest absolute Gasteiger partial charge is 0.411 e. The molecule has 7 nitrogen and oxygen atoms in total. The lowest BCUT2D eigenvalue weighted by Gasteiger charge is -2.38. The molecule has 2 aliphatic rings. The van der Waals surface area contributed by atoms with Gasteiger partial charge in [-0.2, -0.15) is 0 Å². The third-order valence-electron chi connectivity index (χ3n) is 6.05. The fraction of sp³-hybridized carbons (Fsp3) is 0.600. The number of terminal acetylenes is 1. The number of benzene rings is 1. The van der Waals surface area contributed by atoms with Gasteiger partial charge in [0.15, 0.2) is 0 Å². The molecule has 0 radical (unpaired) electrons. The number of nitrogens with zero attached hydrogens (tertiary/aromatic N) is 2. The first-order chi connectivity index (χ1) is 15.3. The van der Waals surface area contributed by atoms with Crippen molar-refractivity contribution in [2.75, 3.05) is 39.4 Å². The number of ether oxygens (including phenoxy) is 2. The van der Waals surface area contributed by atoms with Crippen molar-refractivity contribution < 1.29 is 19.1 Å². The summed E-state index contributed by atoms with van der Waals surface area (Å²) in [5, 5.41) is 3.13. The highest BCUT2D eigenvalue weighted by atomic mass is 16.6. The van der Waals surface area contributed by atoms with E-state index in [-0.39, 0.29) is 18.4 Å². The maximum Gasteiger partial charge on any atom is 0.411 e. The molecule has 7 heteroatoms. The molecule has 0 aliphatic carbocycles. The molecule has 1 aromatic carbocycles. The van der Waals surface area contributed by atoms with Gasteiger partial charge in [-0.25, -0.2) is 4.79 Å². The van der Waals surface area contributed by atoms with Gasteiger partial charge in [0.05, 0.1) is 19.3 Å². The van der Waals surface area contributed by atoms with Crippen LogP contribution in [0.25, 0.3) is 0 Å². The largest absolute Gasteiger partial charge is 0.444 e. The highest BCUT2D eigenvalue weighted by Gasteiger charge is 2.50. The Morgan fingerprint density at radius 2 is 1.91 bits per heavy atom. The van der Waals surface area contributed by atoms with E-state index in [0.29, 0.717) is 39.1 Å². The first-order valence-electron chi connectivity index (χ1n) is 11.4. The van der Waals surface area contributed by atoms with Crippen LogP contribution in [0.2, 0.25) is 0 Å². The van der Waals surface area contributed by atoms with Crippen LogP contribution < -0.4 is 5.32 Å². The van der Waals surface area contributed by atoms with Gasteiger partial charge in [-0.15, -0.1) is 12.3 Å². The van der Waals surface area contributed by atoms with Gasteiger partial charge in [-0.3, -0.25) is 14.6 Å². The van der Waals surface area contributed by atoms with Crippen molar-refractivity contribution in [3.63, 3.8) is 0 Å². The third-order valence-corrected chi connectivity index (χ3v) is 6.05. The molecule has 1 N–H and O–H groups in total. The van der Waals surface area contributed by atoms with Crippen LogP contribution in [0.3, 0.4) is 0 Å². The number of carbonyl (C=O) groups excluding carboxylic acids is 2. The fourth-order valence-corrected chi connectivity index (χ4v) is 4.51. The second-order valence-electron chi connectivity index (χ2n) is 9.43. The lowest BCUT2D eigenvalue weighted by Crippen LogP contribution is -2.59. The van der Waals surface area contributed by atoms with Gasteiger partial charge >= 0.3 is 6.09 Å². The minimum atomic E-state index is -1.08. The van der Waals surface area contributed by atoms with Gasteiger partial charge in [0.2, 0.25) is 5.91 Å². The molecule has 0 unspecified atom stereocenters. The van der Waals surface area contributed by atoms with E-state index in [9.17, 15) is 9.59 Å². The van der Waals surface area contributed by atoms with Crippen molar-refractivity contribution in [2.24, 2.45) is 0 Å². The Bertz CT molecular complexity index is 824. The molecule has 0 spiro atoms. The van der Waals surface area contributed by atoms with Crippen LogP contribution in [0.4, 0.5) is 4.79 Å². The van der Waals surface area contributed by atoms with Gasteiger partial charge in [0.25, 0.3) is 0 Å². The number of hydrogen-bond donors (Lipinski definition) is 1. The Morgan fingerprint density at radius 1 is 1.22 bits per heavy atom. The lowest BCUT2D eigenvalue weighted by molar-refractivity contribution is -0.132. The molecule has 2 saturated heterocycles. The van der Waals surface area contributed by atoms with Crippen molar-refractivity contribution >= 4 is 12.0 Å². The summed E-state index contributed by atoms with van der Waals surface area (Å²) in [5.41, 5.74) is -0.591. The van der Waals surface area contributed by atoms with Gasteiger partial charge in [-0.1, -0.05) is 30.3 Å². The Labute approximate surface area is 191 Å². The summed E-state index contributed by atoms with van der Waals surface area (Å²) < 4.78 is 11.1. The Morgan fingerprint density at radius 3 is 2.53 bits per heavy atom. The van der Waals surface area contributed by atoms with Gasteiger partial charge in [0, 0.05) is 32.6 Å². The van der Waals surface area contributed by atoms with Crippen molar-refractivity contribution in [3.8, 4) is 12.3 Å². The second-order valence-corrected chi connectivity index (χ2v) is 9.43. The van der Waals surface area contributed by atoms with E-state index in [0.717, 1.165) is 18.7 Å². The van der Waals surface area contributed by atoms with Gasteiger partial charge < -0.3 is 14.8 Å². The van der Waals surface area contributed by atoms with Crippen molar-refractivity contribution in [1.29, 1.82) is 0 Å². The minimum absolute atomic E-state index is 0.0170. The summed E-state index contributed by atoms with van der Waals surface area (Å²) >= 11 is 0. The molecule has 0 saturated carbocycles. The molecule has 32 heavy (non-hydrogen) atoms. The summed E-state index contributed by atoms with van der Waals surface area (Å²) in [4.78, 5) is 30.3. The highest BCUT2D eigenvalue weighted by molar-refractivity contribution is 5.91. The summed E-state index contributed by atoms with van der Waals surface area (Å²) in [6.07, 6.45) is 6.55. The van der Waals surface area contributed by atoms with Gasteiger partial charge in [0.1, 0.15) is 11.1 Å². The number of hydrogen-bond acceptors (Lipinski definition) is 5. The first kappa shape index (κ1) is 24.1. The average Bonchev–Trinajstić information content (AvgIpc) is 3.19. The molecule has 2 heterocycles. The van der Waals surface area contributed by atoms with E-state index in [4.69, 9.17) is 15.9 Å². The summed E-state index contributed by atoms with van der Waals surface area (Å²) in [6.45, 7) is 9.27. The number of likely N-dealkylation sites (tertiary alicyclic amines) is 1. The third kappa shape index (κ3) is 5.62. The monoisotopic (exact) mass is 441 g/mol. The molecule has 2 atom stereocenters. The normalized spacial score (nSPS) is 22.8. The maximum absolute atomic E-state index is 13.6. The number of amides is 2. The minimum Gasteiger partial charge on any atom is -0.444 e. The summed E-state index contributed by atoms with van der Waals surface area (Å²) in [7, 11) is 0. The Hall–Kier alpha value is -2.56. The SMILES string of the molecule is C#CC[C@@]1(C(=O)NC[C@H](c2ccccc2)N2CCOCC2)CCCN1C(=O)OC(C)(C)C. The maximum atomic E-state index is 13.6. The predicted octanol–water partition coefficient (Wildman–Crippen LogP) is 2.97. The molecule has 2 aliphatic heterocycles. The Balaban J connectivity index is 1.78. The van der Waals surface area contributed by atoms with E-state index in [1.165, 1.54) is 4.90 Å². The molecule has 2 fully saturated rings. The van der Waals surface area contributed by atoms with Crippen LogP contribution in [-0.2, 0) is 14.3 Å². The highest BCUT2D eigenvalue weighted by Crippen LogP contribution is 2.34. The molecular weight excluding hydrogens is 406 g/mol. The topological polar surface area (TPSA) is 71.1 Å². The second kappa shape index (κ2) is 10.4. The molecule has 1 aromatic rings. The van der Waals surface area contributed by atoms with Crippen LogP contribution in [0, 0.1) is 12.3 Å². The van der Waals surface area contributed by atoms with Crippen LogP contribution in [-0.4, -0.2) is 72.3 Å². The van der Waals surface area contributed by atoms with Crippen molar-refractivity contribution in [2.45, 2.75) is 57.2 Å². The predicted molar refractivity (Wildman–Crippen MR) is 123 cm³/mol. The van der Waals surface area contributed by atoms with Crippen molar-refractivity contribution in [1.82, 2.24) is 15.1 Å². The number of rotatable bonds is 6. The molecule has 174 valence electrons. The zero-order valence-electron chi connectivity index (χ0n) is 19.4. The molecule has 0 aromatic heterocycles. The average molecular weight is 442 g/mol. The van der Waals surface area contributed by atoms with Gasteiger partial charge in [-0.05, 0) is 39.2 Å². The molecule has 0 bridgehead atoms. The summed E-state index contributed by atoms with van der Waals surface area (Å²) in [5.74, 6) is 2.41. The van der Waals surface area contributed by atoms with E-state index < -0.39 is 17.2 Å². The zero-order chi connectivity index (χ0) is 23.2. The van der Waals surface area contributed by atoms with E-state index in [2.05, 4.69) is 28.3 Å². The van der Waals surface area contributed by atoms with Crippen LogP contribution in [0.5, 0.6) is 0 Å². The van der Waals surface area contributed by atoms with Crippen molar-refractivity contribution in [3.05, 3.63) is 35.9 Å². The quantitative estimate of drug-likeness (QED) is 0.688. The fourth-order valence-electron chi connectivity index (χ4n) is 4.51. The zero-order valence-corrected chi connectivity index (χ0v) is 19.4. The number of carbonyl (C=O) groups is 2. The molecular formula is C25H35N3O4. The molecule has 3 rings (SSSR count). The first-order valence-corrected chi connectivity index (χ1v) is 11.4. The van der Waals surface area contributed by atoms with E-state index in [1.54, 1.807) is 0 Å².